The van der Waals surface area contributed by atoms with Crippen LogP contribution in [-0.4, -0.2) is 47.8 Å². The molecule has 1 aromatic rings. The van der Waals surface area contributed by atoms with E-state index in [4.69, 9.17) is 0 Å². The molecule has 0 radical (unpaired) electrons. The predicted octanol–water partition coefficient (Wildman–Crippen LogP) is 3.95. The van der Waals surface area contributed by atoms with Crippen molar-refractivity contribution >= 4 is 27.7 Å². The lowest BCUT2D eigenvalue weighted by Gasteiger charge is -2.57. The molecule has 4 nitrogen and oxygen atoms in total. The first-order valence-corrected chi connectivity index (χ1v) is 11.2. The number of benzene rings is 1. The van der Waals surface area contributed by atoms with Gasteiger partial charge >= 0.3 is 0 Å². The van der Waals surface area contributed by atoms with Gasteiger partial charge in [0.25, 0.3) is 5.91 Å². The zero-order valence-electron chi connectivity index (χ0n) is 15.7. The van der Waals surface area contributed by atoms with E-state index in [0.717, 1.165) is 41.5 Å². The van der Waals surface area contributed by atoms with Gasteiger partial charge in [-0.3, -0.25) is 9.59 Å². The number of hydrogen-bond acceptors (Lipinski definition) is 2. The quantitative estimate of drug-likeness (QED) is 0.712. The van der Waals surface area contributed by atoms with Crippen LogP contribution in [0.15, 0.2) is 28.7 Å². The zero-order chi connectivity index (χ0) is 18.6. The summed E-state index contributed by atoms with van der Waals surface area (Å²) >= 11 is 3.48. The van der Waals surface area contributed by atoms with Crippen molar-refractivity contribution in [3.8, 4) is 0 Å². The number of rotatable bonds is 2. The van der Waals surface area contributed by atoms with E-state index < -0.39 is 0 Å². The highest BCUT2D eigenvalue weighted by molar-refractivity contribution is 9.10. The molecular weight excluding hydrogens is 404 g/mol. The number of amides is 2. The summed E-state index contributed by atoms with van der Waals surface area (Å²) in [5.41, 5.74) is 0.641. The number of hydrogen-bond donors (Lipinski definition) is 0. The van der Waals surface area contributed by atoms with Crippen LogP contribution in [0.3, 0.4) is 0 Å². The van der Waals surface area contributed by atoms with Gasteiger partial charge < -0.3 is 9.80 Å². The lowest BCUT2D eigenvalue weighted by molar-refractivity contribution is -0.159. The summed E-state index contributed by atoms with van der Waals surface area (Å²) in [5.74, 6) is 2.83. The van der Waals surface area contributed by atoms with E-state index in [1.165, 1.54) is 19.3 Å². The van der Waals surface area contributed by atoms with Gasteiger partial charge in [-0.2, -0.15) is 0 Å². The van der Waals surface area contributed by atoms with Crippen LogP contribution in [0.25, 0.3) is 0 Å². The SMILES string of the molecule is O=C(c1ccccc1Br)N1CCN(C(=O)C23CC4CC(CC(C4)C2)C3)CC1. The van der Waals surface area contributed by atoms with Crippen LogP contribution >= 0.6 is 15.9 Å². The highest BCUT2D eigenvalue weighted by Crippen LogP contribution is 2.60. The third-order valence-electron chi connectivity index (χ3n) is 7.45. The van der Waals surface area contributed by atoms with Gasteiger partial charge in [0.2, 0.25) is 5.91 Å². The van der Waals surface area contributed by atoms with Crippen LogP contribution in [0.1, 0.15) is 48.9 Å². The summed E-state index contributed by atoms with van der Waals surface area (Å²) < 4.78 is 0.835. The Morgan fingerprint density at radius 1 is 0.852 bits per heavy atom. The Bertz CT molecular complexity index is 734. The summed E-state index contributed by atoms with van der Waals surface area (Å²) in [6.07, 6.45) is 7.44. The molecule has 2 amide bonds. The second-order valence-corrected chi connectivity index (χ2v) is 10.1. The molecule has 6 rings (SSSR count). The molecule has 5 heteroatoms. The predicted molar refractivity (Wildman–Crippen MR) is 107 cm³/mol. The fraction of sp³-hybridized carbons (Fsp3) is 0.636. The standard InChI is InChI=1S/C22H27BrN2O2/c23-19-4-2-1-3-18(19)20(26)24-5-7-25(8-6-24)21(27)22-12-15-9-16(13-22)11-17(10-15)14-22/h1-4,15-17H,5-14H2. The van der Waals surface area contributed by atoms with Crippen molar-refractivity contribution < 1.29 is 9.59 Å². The Morgan fingerprint density at radius 2 is 1.37 bits per heavy atom. The normalized spacial score (nSPS) is 34.8. The lowest BCUT2D eigenvalue weighted by atomic mass is 9.49. The summed E-state index contributed by atoms with van der Waals surface area (Å²) in [6, 6.07) is 7.58. The molecule has 4 saturated carbocycles. The summed E-state index contributed by atoms with van der Waals surface area (Å²) in [4.78, 5) is 30.2. The Balaban J connectivity index is 1.25. The van der Waals surface area contributed by atoms with E-state index in [-0.39, 0.29) is 11.3 Å². The van der Waals surface area contributed by atoms with Crippen LogP contribution in [0.2, 0.25) is 0 Å². The molecule has 1 heterocycles. The molecular formula is C22H27BrN2O2. The molecule has 0 aromatic heterocycles. The Morgan fingerprint density at radius 3 is 1.93 bits per heavy atom. The first-order valence-electron chi connectivity index (χ1n) is 10.4. The maximum Gasteiger partial charge on any atom is 0.255 e. The van der Waals surface area contributed by atoms with Crippen molar-refractivity contribution in [2.24, 2.45) is 23.2 Å². The summed E-state index contributed by atoms with van der Waals surface area (Å²) in [5, 5.41) is 0. The van der Waals surface area contributed by atoms with Gasteiger partial charge in [-0.25, -0.2) is 0 Å². The first kappa shape index (κ1) is 17.7. The van der Waals surface area contributed by atoms with Crippen molar-refractivity contribution in [2.75, 3.05) is 26.2 Å². The van der Waals surface area contributed by atoms with Crippen LogP contribution in [0.4, 0.5) is 0 Å². The van der Waals surface area contributed by atoms with Crippen LogP contribution in [0, 0.1) is 23.2 Å². The molecule has 0 atom stereocenters. The Labute approximate surface area is 169 Å². The fourth-order valence-corrected chi connectivity index (χ4v) is 7.08. The van der Waals surface area contributed by atoms with E-state index in [1.54, 1.807) is 0 Å². The monoisotopic (exact) mass is 430 g/mol. The van der Waals surface area contributed by atoms with E-state index in [0.29, 0.717) is 37.6 Å². The van der Waals surface area contributed by atoms with E-state index in [1.807, 2.05) is 29.2 Å². The van der Waals surface area contributed by atoms with Crippen LogP contribution < -0.4 is 0 Å². The number of halogens is 1. The third-order valence-corrected chi connectivity index (χ3v) is 8.14. The fourth-order valence-electron chi connectivity index (χ4n) is 6.63. The molecule has 0 unspecified atom stereocenters. The largest absolute Gasteiger partial charge is 0.339 e. The minimum absolute atomic E-state index is 0.0596. The molecule has 144 valence electrons. The minimum atomic E-state index is -0.0661. The second-order valence-electron chi connectivity index (χ2n) is 9.26. The van der Waals surface area contributed by atoms with Crippen molar-refractivity contribution in [1.82, 2.24) is 9.80 Å². The molecule has 27 heavy (non-hydrogen) atoms. The molecule has 0 spiro atoms. The van der Waals surface area contributed by atoms with Gasteiger partial charge in [-0.05, 0) is 84.3 Å². The molecule has 1 aliphatic heterocycles. The number of carbonyl (C=O) groups is 2. The van der Waals surface area contributed by atoms with Gasteiger partial charge in [0.1, 0.15) is 0 Å². The van der Waals surface area contributed by atoms with Gasteiger partial charge in [0.05, 0.1) is 11.0 Å². The third kappa shape index (κ3) is 3.02. The Hall–Kier alpha value is -1.36. The zero-order valence-corrected chi connectivity index (χ0v) is 17.3. The van der Waals surface area contributed by atoms with Gasteiger partial charge in [-0.1, -0.05) is 12.1 Å². The van der Waals surface area contributed by atoms with Gasteiger partial charge in [0.15, 0.2) is 0 Å². The highest BCUT2D eigenvalue weighted by atomic mass is 79.9. The molecule has 0 N–H and O–H groups in total. The van der Waals surface area contributed by atoms with E-state index in [9.17, 15) is 9.59 Å². The number of nitrogens with zero attached hydrogens (tertiary/aromatic N) is 2. The maximum atomic E-state index is 13.5. The molecule has 4 bridgehead atoms. The van der Waals surface area contributed by atoms with E-state index in [2.05, 4.69) is 20.8 Å². The van der Waals surface area contributed by atoms with Gasteiger partial charge in [-0.15, -0.1) is 0 Å². The first-order chi connectivity index (χ1) is 13.0. The van der Waals surface area contributed by atoms with Crippen molar-refractivity contribution in [1.29, 1.82) is 0 Å². The van der Waals surface area contributed by atoms with Crippen molar-refractivity contribution in [3.05, 3.63) is 34.3 Å². The molecule has 4 aliphatic carbocycles. The average molecular weight is 431 g/mol. The molecule has 5 fully saturated rings. The van der Waals surface area contributed by atoms with Crippen molar-refractivity contribution in [2.45, 2.75) is 38.5 Å². The minimum Gasteiger partial charge on any atom is -0.339 e. The van der Waals surface area contributed by atoms with Crippen LogP contribution in [-0.2, 0) is 4.79 Å². The topological polar surface area (TPSA) is 40.6 Å². The Kier molecular flexibility index (Phi) is 4.34. The molecule has 5 aliphatic rings. The lowest BCUT2D eigenvalue weighted by Crippen LogP contribution is -2.58. The smallest absolute Gasteiger partial charge is 0.255 e. The molecule has 1 saturated heterocycles. The number of piperazine rings is 1. The van der Waals surface area contributed by atoms with Gasteiger partial charge in [0, 0.05) is 30.7 Å². The highest BCUT2D eigenvalue weighted by Gasteiger charge is 2.55. The summed E-state index contributed by atoms with van der Waals surface area (Å²) in [7, 11) is 0. The van der Waals surface area contributed by atoms with Crippen LogP contribution in [0.5, 0.6) is 0 Å². The maximum absolute atomic E-state index is 13.5. The van der Waals surface area contributed by atoms with Crippen molar-refractivity contribution in [3.63, 3.8) is 0 Å². The second kappa shape index (κ2) is 6.61. The summed E-state index contributed by atoms with van der Waals surface area (Å²) in [6.45, 7) is 2.63. The number of carbonyl (C=O) groups excluding carboxylic acids is 2. The molecule has 1 aromatic carbocycles. The van der Waals surface area contributed by atoms with E-state index >= 15 is 0 Å². The average Bonchev–Trinajstić information content (AvgIpc) is 2.66.